The fourth-order valence-electron chi connectivity index (χ4n) is 1.62. The van der Waals surface area contributed by atoms with E-state index in [4.69, 9.17) is 17.3 Å². The molecule has 0 atom stereocenters. The first-order chi connectivity index (χ1) is 8.79. The van der Waals surface area contributed by atoms with Gasteiger partial charge in [-0.2, -0.15) is 13.2 Å². The van der Waals surface area contributed by atoms with Crippen molar-refractivity contribution in [3.63, 3.8) is 0 Å². The van der Waals surface area contributed by atoms with Crippen molar-refractivity contribution in [1.29, 1.82) is 0 Å². The number of hydrogen-bond acceptors (Lipinski definition) is 1. The molecule has 0 saturated heterocycles. The predicted octanol–water partition coefficient (Wildman–Crippen LogP) is 4.75. The van der Waals surface area contributed by atoms with Crippen LogP contribution in [0.1, 0.15) is 5.56 Å². The number of halogens is 5. The molecule has 2 N–H and O–H groups in total. The largest absolute Gasteiger partial charge is 0.416 e. The van der Waals surface area contributed by atoms with Gasteiger partial charge in [-0.05, 0) is 29.8 Å². The quantitative estimate of drug-likeness (QED) is 0.595. The van der Waals surface area contributed by atoms with E-state index in [1.165, 1.54) is 18.2 Å². The van der Waals surface area contributed by atoms with Crippen molar-refractivity contribution >= 4 is 17.3 Å². The highest BCUT2D eigenvalue weighted by atomic mass is 35.5. The summed E-state index contributed by atoms with van der Waals surface area (Å²) in [7, 11) is 0. The van der Waals surface area contributed by atoms with Crippen molar-refractivity contribution in [2.75, 3.05) is 5.73 Å². The number of benzene rings is 2. The second-order valence-electron chi connectivity index (χ2n) is 3.93. The van der Waals surface area contributed by atoms with Crippen LogP contribution in [0.5, 0.6) is 0 Å². The van der Waals surface area contributed by atoms with Crippen LogP contribution in [0.15, 0.2) is 36.4 Å². The maximum atomic E-state index is 13.3. The Kier molecular flexibility index (Phi) is 3.41. The fraction of sp³-hybridized carbons (Fsp3) is 0.0769. The number of rotatable bonds is 1. The third-order valence-electron chi connectivity index (χ3n) is 2.61. The standard InChI is InChI=1S/C13H8ClF4N/c14-10-6-8(13(16,17)18)2-3-9(10)7-1-4-12(19)11(15)5-7/h1-6H,19H2. The maximum Gasteiger partial charge on any atom is 0.416 e. The van der Waals surface area contributed by atoms with Crippen LogP contribution < -0.4 is 5.73 Å². The second kappa shape index (κ2) is 4.74. The summed E-state index contributed by atoms with van der Waals surface area (Å²) in [5.74, 6) is -0.645. The van der Waals surface area contributed by atoms with Gasteiger partial charge >= 0.3 is 6.18 Å². The van der Waals surface area contributed by atoms with Crippen LogP contribution >= 0.6 is 11.6 Å². The number of alkyl halides is 3. The van der Waals surface area contributed by atoms with Crippen molar-refractivity contribution in [2.45, 2.75) is 6.18 Å². The summed E-state index contributed by atoms with van der Waals surface area (Å²) in [5, 5.41) is -0.0982. The van der Waals surface area contributed by atoms with Gasteiger partial charge in [-0.25, -0.2) is 4.39 Å². The molecule has 0 aromatic heterocycles. The lowest BCUT2D eigenvalue weighted by Gasteiger charge is -2.10. The lowest BCUT2D eigenvalue weighted by Crippen LogP contribution is -2.04. The summed E-state index contributed by atoms with van der Waals surface area (Å²) in [6, 6.07) is 6.87. The van der Waals surface area contributed by atoms with Gasteiger partial charge in [0.2, 0.25) is 0 Å². The van der Waals surface area contributed by atoms with Crippen LogP contribution in [0.25, 0.3) is 11.1 Å². The van der Waals surface area contributed by atoms with Gasteiger partial charge in [-0.15, -0.1) is 0 Å². The smallest absolute Gasteiger partial charge is 0.396 e. The molecule has 0 saturated carbocycles. The second-order valence-corrected chi connectivity index (χ2v) is 4.34. The summed E-state index contributed by atoms with van der Waals surface area (Å²) >= 11 is 5.81. The van der Waals surface area contributed by atoms with E-state index < -0.39 is 17.6 Å². The highest BCUT2D eigenvalue weighted by Crippen LogP contribution is 2.36. The first-order valence-electron chi connectivity index (χ1n) is 5.21. The van der Waals surface area contributed by atoms with Gasteiger partial charge in [0.25, 0.3) is 0 Å². The van der Waals surface area contributed by atoms with E-state index in [1.54, 1.807) is 0 Å². The van der Waals surface area contributed by atoms with Crippen LogP contribution in [-0.2, 0) is 6.18 Å². The van der Waals surface area contributed by atoms with Crippen molar-refractivity contribution in [3.05, 3.63) is 52.8 Å². The third kappa shape index (κ3) is 2.81. The monoisotopic (exact) mass is 289 g/mol. The molecule has 2 aromatic carbocycles. The van der Waals surface area contributed by atoms with Gasteiger partial charge in [0.1, 0.15) is 5.82 Å². The lowest BCUT2D eigenvalue weighted by atomic mass is 10.0. The van der Waals surface area contributed by atoms with Crippen LogP contribution in [0, 0.1) is 5.82 Å². The minimum Gasteiger partial charge on any atom is -0.396 e. The van der Waals surface area contributed by atoms with E-state index in [0.29, 0.717) is 11.1 Å². The molecule has 0 bridgehead atoms. The molecule has 0 radical (unpaired) electrons. The minimum absolute atomic E-state index is 0.0354. The highest BCUT2D eigenvalue weighted by molar-refractivity contribution is 6.33. The Labute approximate surface area is 111 Å². The normalized spacial score (nSPS) is 11.6. The fourth-order valence-corrected chi connectivity index (χ4v) is 1.91. The van der Waals surface area contributed by atoms with E-state index in [1.807, 2.05) is 0 Å². The van der Waals surface area contributed by atoms with Crippen molar-refractivity contribution < 1.29 is 17.6 Å². The zero-order valence-corrected chi connectivity index (χ0v) is 10.2. The topological polar surface area (TPSA) is 26.0 Å². The van der Waals surface area contributed by atoms with Gasteiger partial charge in [0.05, 0.1) is 11.3 Å². The van der Waals surface area contributed by atoms with Gasteiger partial charge in [0.15, 0.2) is 0 Å². The molecule has 0 aliphatic carbocycles. The molecule has 0 aliphatic heterocycles. The van der Waals surface area contributed by atoms with Crippen LogP contribution in [0.4, 0.5) is 23.2 Å². The first kappa shape index (κ1) is 13.7. The summed E-state index contributed by atoms with van der Waals surface area (Å²) in [6.45, 7) is 0. The first-order valence-corrected chi connectivity index (χ1v) is 5.59. The molecule has 100 valence electrons. The molecular weight excluding hydrogens is 282 g/mol. The molecule has 0 unspecified atom stereocenters. The molecule has 2 rings (SSSR count). The Morgan fingerprint density at radius 3 is 2.21 bits per heavy atom. The molecule has 19 heavy (non-hydrogen) atoms. The molecule has 6 heteroatoms. The maximum absolute atomic E-state index is 13.3. The van der Waals surface area contributed by atoms with E-state index in [0.717, 1.165) is 18.2 Å². The Bertz CT molecular complexity index is 623. The van der Waals surface area contributed by atoms with E-state index in [-0.39, 0.29) is 10.7 Å². The van der Waals surface area contributed by atoms with Crippen LogP contribution in [0.3, 0.4) is 0 Å². The molecular formula is C13H8ClF4N. The predicted molar refractivity (Wildman–Crippen MR) is 66.3 cm³/mol. The van der Waals surface area contributed by atoms with E-state index in [9.17, 15) is 17.6 Å². The number of hydrogen-bond donors (Lipinski definition) is 1. The summed E-state index contributed by atoms with van der Waals surface area (Å²) < 4.78 is 50.8. The zero-order chi connectivity index (χ0) is 14.2. The Balaban J connectivity index is 2.49. The molecule has 0 amide bonds. The molecule has 1 nitrogen and oxygen atoms in total. The van der Waals surface area contributed by atoms with Gasteiger partial charge in [0, 0.05) is 10.6 Å². The number of nitrogens with two attached hydrogens (primary N) is 1. The minimum atomic E-state index is -4.46. The third-order valence-corrected chi connectivity index (χ3v) is 2.92. The van der Waals surface area contributed by atoms with Gasteiger partial charge in [-0.1, -0.05) is 23.7 Å². The van der Waals surface area contributed by atoms with Crippen LogP contribution in [-0.4, -0.2) is 0 Å². The molecule has 0 heterocycles. The Morgan fingerprint density at radius 2 is 1.68 bits per heavy atom. The Morgan fingerprint density at radius 1 is 1.00 bits per heavy atom. The van der Waals surface area contributed by atoms with E-state index in [2.05, 4.69) is 0 Å². The summed E-state index contributed by atoms with van der Waals surface area (Å²) in [4.78, 5) is 0. The average Bonchev–Trinajstić information content (AvgIpc) is 2.31. The van der Waals surface area contributed by atoms with Gasteiger partial charge < -0.3 is 5.73 Å². The van der Waals surface area contributed by atoms with Gasteiger partial charge in [-0.3, -0.25) is 0 Å². The molecule has 0 fully saturated rings. The van der Waals surface area contributed by atoms with E-state index >= 15 is 0 Å². The van der Waals surface area contributed by atoms with Crippen LogP contribution in [0.2, 0.25) is 5.02 Å². The summed E-state index contributed by atoms with van der Waals surface area (Å²) in [5.41, 5.74) is 5.12. The summed E-state index contributed by atoms with van der Waals surface area (Å²) in [6.07, 6.45) is -4.46. The lowest BCUT2D eigenvalue weighted by molar-refractivity contribution is -0.137. The average molecular weight is 290 g/mol. The van der Waals surface area contributed by atoms with Crippen molar-refractivity contribution in [2.24, 2.45) is 0 Å². The number of nitrogen functional groups attached to an aromatic ring is 1. The van der Waals surface area contributed by atoms with Crippen molar-refractivity contribution in [3.8, 4) is 11.1 Å². The number of anilines is 1. The molecule has 0 spiro atoms. The molecule has 0 aliphatic rings. The SMILES string of the molecule is Nc1ccc(-c2ccc(C(F)(F)F)cc2Cl)cc1F. The molecule has 2 aromatic rings. The Hall–Kier alpha value is -1.75. The van der Waals surface area contributed by atoms with Crippen molar-refractivity contribution in [1.82, 2.24) is 0 Å². The highest BCUT2D eigenvalue weighted by Gasteiger charge is 2.30. The zero-order valence-electron chi connectivity index (χ0n) is 9.43.